The second kappa shape index (κ2) is 7.75. The molecule has 0 aliphatic rings. The van der Waals surface area contributed by atoms with E-state index in [1.807, 2.05) is 44.2 Å². The Bertz CT molecular complexity index is 989. The number of nitrogens with one attached hydrogen (secondary N) is 1. The van der Waals surface area contributed by atoms with Crippen LogP contribution in [0.1, 0.15) is 43.8 Å². The number of ether oxygens (including phenoxy) is 1. The molecule has 0 atom stereocenters. The van der Waals surface area contributed by atoms with Crippen molar-refractivity contribution in [2.24, 2.45) is 0 Å². The van der Waals surface area contributed by atoms with Crippen molar-refractivity contribution in [3.05, 3.63) is 57.7 Å². The first kappa shape index (κ1) is 18.8. The third-order valence-electron chi connectivity index (χ3n) is 4.32. The predicted octanol–water partition coefficient (Wildman–Crippen LogP) is 4.62. The Kier molecular flexibility index (Phi) is 5.41. The molecule has 0 fully saturated rings. The highest BCUT2D eigenvalue weighted by molar-refractivity contribution is 7.16. The number of nitrogens with zero attached hydrogens (tertiary/aromatic N) is 1. The molecule has 0 radical (unpaired) electrons. The molecule has 0 spiro atoms. The highest BCUT2D eigenvalue weighted by Crippen LogP contribution is 2.35. The van der Waals surface area contributed by atoms with E-state index in [9.17, 15) is 9.59 Å². The third-order valence-corrected chi connectivity index (χ3v) is 5.38. The Morgan fingerprint density at radius 1 is 1.19 bits per heavy atom. The topological polar surface area (TPSA) is 81.4 Å². The molecule has 0 saturated heterocycles. The van der Waals surface area contributed by atoms with Crippen LogP contribution < -0.4 is 5.32 Å². The first-order valence-electron chi connectivity index (χ1n) is 8.51. The van der Waals surface area contributed by atoms with E-state index in [-0.39, 0.29) is 5.91 Å². The first-order chi connectivity index (χ1) is 13.0. The SMILES string of the molecule is CCc1c(C)sc(NC(=O)c2c(-c3ccccc3)noc2C)c1C(=O)OC. The number of aromatic nitrogens is 1. The van der Waals surface area contributed by atoms with Crippen LogP contribution in [-0.4, -0.2) is 24.1 Å². The summed E-state index contributed by atoms with van der Waals surface area (Å²) in [5, 5.41) is 7.36. The molecule has 7 heteroatoms. The Hall–Kier alpha value is -2.93. The molecule has 0 aliphatic carbocycles. The van der Waals surface area contributed by atoms with Gasteiger partial charge in [-0.25, -0.2) is 4.79 Å². The van der Waals surface area contributed by atoms with Gasteiger partial charge in [-0.3, -0.25) is 4.79 Å². The summed E-state index contributed by atoms with van der Waals surface area (Å²) >= 11 is 1.36. The van der Waals surface area contributed by atoms with Gasteiger partial charge in [0.1, 0.15) is 22.0 Å². The number of aryl methyl sites for hydroxylation is 2. The lowest BCUT2D eigenvalue weighted by atomic mass is 10.1. The summed E-state index contributed by atoms with van der Waals surface area (Å²) < 4.78 is 10.2. The number of carbonyl (C=O) groups is 2. The minimum Gasteiger partial charge on any atom is -0.465 e. The van der Waals surface area contributed by atoms with Crippen LogP contribution in [0.25, 0.3) is 11.3 Å². The molecular formula is C20H20N2O4S. The van der Waals surface area contributed by atoms with Gasteiger partial charge in [-0.15, -0.1) is 11.3 Å². The molecule has 140 valence electrons. The molecule has 0 saturated carbocycles. The number of hydrogen-bond acceptors (Lipinski definition) is 6. The van der Waals surface area contributed by atoms with Gasteiger partial charge in [0.2, 0.25) is 0 Å². The third kappa shape index (κ3) is 3.50. The molecule has 3 rings (SSSR count). The summed E-state index contributed by atoms with van der Waals surface area (Å²) in [4.78, 5) is 26.2. The second-order valence-corrected chi connectivity index (χ2v) is 7.19. The summed E-state index contributed by atoms with van der Waals surface area (Å²) in [5.41, 5.74) is 2.89. The Morgan fingerprint density at radius 3 is 2.52 bits per heavy atom. The van der Waals surface area contributed by atoms with Crippen LogP contribution in [0, 0.1) is 13.8 Å². The molecule has 0 bridgehead atoms. The van der Waals surface area contributed by atoms with E-state index in [1.165, 1.54) is 18.4 Å². The summed E-state index contributed by atoms with van der Waals surface area (Å²) in [7, 11) is 1.33. The molecule has 2 heterocycles. The van der Waals surface area contributed by atoms with Crippen molar-refractivity contribution in [1.29, 1.82) is 0 Å². The van der Waals surface area contributed by atoms with E-state index in [1.54, 1.807) is 6.92 Å². The van der Waals surface area contributed by atoms with Crippen LogP contribution >= 0.6 is 11.3 Å². The van der Waals surface area contributed by atoms with Crippen molar-refractivity contribution in [1.82, 2.24) is 5.16 Å². The number of anilines is 1. The number of carbonyl (C=O) groups excluding carboxylic acids is 2. The van der Waals surface area contributed by atoms with Gasteiger partial charge in [0.05, 0.1) is 12.7 Å². The molecule has 0 aliphatic heterocycles. The maximum absolute atomic E-state index is 13.0. The molecule has 0 unspecified atom stereocenters. The lowest BCUT2D eigenvalue weighted by Crippen LogP contribution is -2.15. The highest BCUT2D eigenvalue weighted by Gasteiger charge is 2.26. The largest absolute Gasteiger partial charge is 0.465 e. The van der Waals surface area contributed by atoms with E-state index in [0.29, 0.717) is 34.0 Å². The smallest absolute Gasteiger partial charge is 0.341 e. The average molecular weight is 384 g/mol. The number of esters is 1. The van der Waals surface area contributed by atoms with Crippen molar-refractivity contribution in [2.75, 3.05) is 12.4 Å². The average Bonchev–Trinajstić information content (AvgIpc) is 3.21. The second-order valence-electron chi connectivity index (χ2n) is 5.97. The maximum atomic E-state index is 13.0. The summed E-state index contributed by atoms with van der Waals surface area (Å²) in [6, 6.07) is 9.34. The molecular weight excluding hydrogens is 364 g/mol. The Labute approximate surface area is 161 Å². The fourth-order valence-corrected chi connectivity index (χ4v) is 4.14. The van der Waals surface area contributed by atoms with Crippen LogP contribution in [0.3, 0.4) is 0 Å². The molecule has 1 amide bonds. The monoisotopic (exact) mass is 384 g/mol. The number of hydrogen-bond donors (Lipinski definition) is 1. The van der Waals surface area contributed by atoms with Crippen molar-refractivity contribution in [3.8, 4) is 11.3 Å². The summed E-state index contributed by atoms with van der Waals surface area (Å²) in [6.07, 6.45) is 0.671. The number of rotatable bonds is 5. The van der Waals surface area contributed by atoms with Gasteiger partial charge in [0, 0.05) is 10.4 Å². The van der Waals surface area contributed by atoms with Crippen molar-refractivity contribution in [3.63, 3.8) is 0 Å². The fourth-order valence-electron chi connectivity index (χ4n) is 3.01. The van der Waals surface area contributed by atoms with Crippen LogP contribution in [0.4, 0.5) is 5.00 Å². The zero-order chi connectivity index (χ0) is 19.6. The molecule has 1 N–H and O–H groups in total. The van der Waals surface area contributed by atoms with Crippen LogP contribution in [0.15, 0.2) is 34.9 Å². The standard InChI is InChI=1S/C20H20N2O4S/c1-5-14-12(3)27-19(16(14)20(24)25-4)21-18(23)15-11(2)26-22-17(15)13-9-7-6-8-10-13/h6-10H,5H2,1-4H3,(H,21,23). The Balaban J connectivity index is 2.01. The molecule has 3 aromatic rings. The van der Waals surface area contributed by atoms with Gasteiger partial charge in [-0.1, -0.05) is 42.4 Å². The van der Waals surface area contributed by atoms with Gasteiger partial charge in [-0.2, -0.15) is 0 Å². The van der Waals surface area contributed by atoms with Crippen LogP contribution in [-0.2, 0) is 11.2 Å². The van der Waals surface area contributed by atoms with Crippen LogP contribution in [0.2, 0.25) is 0 Å². The Morgan fingerprint density at radius 2 is 1.89 bits per heavy atom. The number of thiophene rings is 1. The van der Waals surface area contributed by atoms with Gasteiger partial charge >= 0.3 is 5.97 Å². The van der Waals surface area contributed by atoms with Gasteiger partial charge in [0.25, 0.3) is 5.91 Å². The quantitative estimate of drug-likeness (QED) is 0.649. The van der Waals surface area contributed by atoms with Crippen molar-refractivity contribution < 1.29 is 18.8 Å². The summed E-state index contributed by atoms with van der Waals surface area (Å²) in [5.74, 6) is -0.423. The van der Waals surface area contributed by atoms with E-state index >= 15 is 0 Å². The van der Waals surface area contributed by atoms with Crippen LogP contribution in [0.5, 0.6) is 0 Å². The molecule has 27 heavy (non-hydrogen) atoms. The number of amides is 1. The zero-order valence-electron chi connectivity index (χ0n) is 15.6. The lowest BCUT2D eigenvalue weighted by Gasteiger charge is -2.07. The number of methoxy groups -OCH3 is 1. The van der Waals surface area contributed by atoms with Crippen molar-refractivity contribution >= 4 is 28.2 Å². The van der Waals surface area contributed by atoms with E-state index < -0.39 is 5.97 Å². The zero-order valence-corrected chi connectivity index (χ0v) is 16.4. The highest BCUT2D eigenvalue weighted by atomic mass is 32.1. The van der Waals surface area contributed by atoms with E-state index in [0.717, 1.165) is 16.0 Å². The van der Waals surface area contributed by atoms with Gasteiger partial charge < -0.3 is 14.6 Å². The molecule has 2 aromatic heterocycles. The van der Waals surface area contributed by atoms with Crippen molar-refractivity contribution in [2.45, 2.75) is 27.2 Å². The molecule has 6 nitrogen and oxygen atoms in total. The number of benzene rings is 1. The minimum absolute atomic E-state index is 0.348. The normalized spacial score (nSPS) is 10.7. The predicted molar refractivity (Wildman–Crippen MR) is 104 cm³/mol. The minimum atomic E-state index is -0.461. The van der Waals surface area contributed by atoms with Gasteiger partial charge in [-0.05, 0) is 25.8 Å². The fraction of sp³-hybridized carbons (Fsp3) is 0.250. The van der Waals surface area contributed by atoms with E-state index in [4.69, 9.17) is 9.26 Å². The molecule has 1 aromatic carbocycles. The maximum Gasteiger partial charge on any atom is 0.341 e. The van der Waals surface area contributed by atoms with E-state index in [2.05, 4.69) is 10.5 Å². The van der Waals surface area contributed by atoms with Gasteiger partial charge in [0.15, 0.2) is 0 Å². The lowest BCUT2D eigenvalue weighted by molar-refractivity contribution is 0.0601. The first-order valence-corrected chi connectivity index (χ1v) is 9.33. The summed E-state index contributed by atoms with van der Waals surface area (Å²) in [6.45, 7) is 5.57.